The molecule has 0 radical (unpaired) electrons. The molecule has 2 fully saturated rings. The molecular formula is C16H27N3O5. The maximum Gasteiger partial charge on any atom is 0.351 e. The molecule has 3 rings (SSSR count). The Morgan fingerprint density at radius 3 is 2.38 bits per heavy atom. The lowest BCUT2D eigenvalue weighted by atomic mass is 10.2. The number of nitrogens with two attached hydrogens (primary N) is 1. The van der Waals surface area contributed by atoms with Crippen molar-refractivity contribution in [1.82, 2.24) is 9.55 Å². The van der Waals surface area contributed by atoms with Gasteiger partial charge in [0.2, 0.25) is 0 Å². The number of hydrogen-bond donors (Lipinski definition) is 4. The first kappa shape index (κ1) is 20.3. The van der Waals surface area contributed by atoms with Gasteiger partial charge in [-0.05, 0) is 31.7 Å². The molecule has 1 aromatic rings. The van der Waals surface area contributed by atoms with Crippen LogP contribution in [0.25, 0.3) is 0 Å². The number of anilines is 1. The lowest BCUT2D eigenvalue weighted by Gasteiger charge is -2.14. The minimum Gasteiger partial charge on any atom is -0.394 e. The predicted molar refractivity (Wildman–Crippen MR) is 90.0 cm³/mol. The van der Waals surface area contributed by atoms with Crippen LogP contribution in [0.3, 0.4) is 0 Å². The van der Waals surface area contributed by atoms with E-state index in [0.29, 0.717) is 19.3 Å². The molecule has 2 heterocycles. The van der Waals surface area contributed by atoms with Crippen LogP contribution >= 0.6 is 0 Å². The van der Waals surface area contributed by atoms with Gasteiger partial charge in [-0.15, -0.1) is 13.2 Å². The molecule has 2 aliphatic rings. The molecule has 1 saturated carbocycles. The quantitative estimate of drug-likeness (QED) is 0.456. The zero-order valence-corrected chi connectivity index (χ0v) is 13.8. The van der Waals surface area contributed by atoms with Gasteiger partial charge < -0.3 is 25.8 Å². The Morgan fingerprint density at radius 2 is 1.96 bits per heavy atom. The minimum absolute atomic E-state index is 0.0202. The summed E-state index contributed by atoms with van der Waals surface area (Å²) in [6, 6.07) is 1.55. The number of rotatable bonds is 2. The van der Waals surface area contributed by atoms with Crippen molar-refractivity contribution in [3.05, 3.63) is 35.9 Å². The van der Waals surface area contributed by atoms with Crippen LogP contribution in [0, 0.1) is 0 Å². The second kappa shape index (κ2) is 9.53. The fourth-order valence-electron chi connectivity index (χ4n) is 2.61. The third-order valence-electron chi connectivity index (χ3n) is 3.85. The van der Waals surface area contributed by atoms with Crippen molar-refractivity contribution in [1.29, 1.82) is 0 Å². The van der Waals surface area contributed by atoms with E-state index in [1.807, 2.05) is 0 Å². The Kier molecular flexibility index (Phi) is 8.06. The van der Waals surface area contributed by atoms with E-state index in [4.69, 9.17) is 25.8 Å². The molecule has 1 aliphatic heterocycles. The van der Waals surface area contributed by atoms with Crippen LogP contribution in [0.5, 0.6) is 0 Å². The first-order chi connectivity index (χ1) is 11.4. The van der Waals surface area contributed by atoms with E-state index in [2.05, 4.69) is 18.1 Å². The van der Waals surface area contributed by atoms with E-state index in [9.17, 15) is 4.79 Å². The van der Waals surface area contributed by atoms with Gasteiger partial charge >= 0.3 is 5.69 Å². The first-order valence-electron chi connectivity index (χ1n) is 7.97. The highest BCUT2D eigenvalue weighted by Crippen LogP contribution is 2.26. The third-order valence-corrected chi connectivity index (χ3v) is 3.85. The zero-order chi connectivity index (χ0) is 18.2. The maximum atomic E-state index is 11.5. The number of nitrogen functional groups attached to an aromatic ring is 1. The SMILES string of the molecule is C=C.Nc1ccn(C2CCC(CO)O2)c(=O)n1.OC1(O)CCCC1. The van der Waals surface area contributed by atoms with Gasteiger partial charge in [0.25, 0.3) is 0 Å². The number of hydrogen-bond acceptors (Lipinski definition) is 7. The van der Waals surface area contributed by atoms with Crippen LogP contribution in [0.2, 0.25) is 0 Å². The summed E-state index contributed by atoms with van der Waals surface area (Å²) in [4.78, 5) is 15.1. The molecule has 2 unspecified atom stereocenters. The summed E-state index contributed by atoms with van der Waals surface area (Å²) in [6.07, 6.45) is 5.56. The van der Waals surface area contributed by atoms with Crippen LogP contribution < -0.4 is 11.4 Å². The average molecular weight is 341 g/mol. The highest BCUT2D eigenvalue weighted by Gasteiger charge is 2.27. The molecule has 0 spiro atoms. The van der Waals surface area contributed by atoms with Gasteiger partial charge in [0.05, 0.1) is 12.7 Å². The van der Waals surface area contributed by atoms with Crippen LogP contribution in [0.15, 0.2) is 30.2 Å². The Balaban J connectivity index is 0.000000268. The average Bonchev–Trinajstić information content (AvgIpc) is 3.18. The molecule has 0 aromatic carbocycles. The van der Waals surface area contributed by atoms with Crippen molar-refractivity contribution < 1.29 is 20.1 Å². The van der Waals surface area contributed by atoms with Gasteiger partial charge in [-0.2, -0.15) is 4.98 Å². The van der Waals surface area contributed by atoms with Crippen LogP contribution in [0.1, 0.15) is 44.8 Å². The monoisotopic (exact) mass is 341 g/mol. The second-order valence-electron chi connectivity index (χ2n) is 5.70. The van der Waals surface area contributed by atoms with Gasteiger partial charge in [-0.3, -0.25) is 4.57 Å². The Labute approximate surface area is 141 Å². The molecule has 0 amide bonds. The fourth-order valence-corrected chi connectivity index (χ4v) is 2.61. The number of aliphatic hydroxyl groups excluding tert-OH is 1. The molecule has 1 saturated heterocycles. The molecule has 24 heavy (non-hydrogen) atoms. The molecule has 1 aliphatic carbocycles. The van der Waals surface area contributed by atoms with Crippen LogP contribution in [0.4, 0.5) is 5.82 Å². The summed E-state index contributed by atoms with van der Waals surface area (Å²) in [6.45, 7) is 5.98. The van der Waals surface area contributed by atoms with Gasteiger partial charge in [0.15, 0.2) is 5.79 Å². The lowest BCUT2D eigenvalue weighted by molar-refractivity contribution is -0.152. The number of ether oxygens (including phenoxy) is 1. The van der Waals surface area contributed by atoms with Crippen molar-refractivity contribution in [3.8, 4) is 0 Å². The molecular weight excluding hydrogens is 314 g/mol. The molecule has 8 nitrogen and oxygen atoms in total. The largest absolute Gasteiger partial charge is 0.394 e. The van der Waals surface area contributed by atoms with E-state index < -0.39 is 11.5 Å². The molecule has 0 bridgehead atoms. The van der Waals surface area contributed by atoms with Crippen molar-refractivity contribution in [2.75, 3.05) is 12.3 Å². The van der Waals surface area contributed by atoms with Crippen molar-refractivity contribution in [3.63, 3.8) is 0 Å². The van der Waals surface area contributed by atoms with E-state index in [1.165, 1.54) is 4.57 Å². The van der Waals surface area contributed by atoms with E-state index in [-0.39, 0.29) is 24.8 Å². The zero-order valence-electron chi connectivity index (χ0n) is 13.8. The molecule has 8 heteroatoms. The van der Waals surface area contributed by atoms with Gasteiger partial charge in [-0.1, -0.05) is 0 Å². The second-order valence-corrected chi connectivity index (χ2v) is 5.70. The Hall–Kier alpha value is -1.74. The summed E-state index contributed by atoms with van der Waals surface area (Å²) in [5, 5.41) is 26.4. The van der Waals surface area contributed by atoms with Crippen molar-refractivity contribution in [2.24, 2.45) is 0 Å². The van der Waals surface area contributed by atoms with Crippen molar-refractivity contribution >= 4 is 5.82 Å². The van der Waals surface area contributed by atoms with Crippen LogP contribution in [-0.4, -0.2) is 43.4 Å². The summed E-state index contributed by atoms with van der Waals surface area (Å²) in [5.41, 5.74) is 4.96. The normalized spacial score (nSPS) is 24.5. The fraction of sp³-hybridized carbons (Fsp3) is 0.625. The summed E-state index contributed by atoms with van der Waals surface area (Å²) < 4.78 is 6.84. The summed E-state index contributed by atoms with van der Waals surface area (Å²) in [5.74, 6) is -1.10. The standard InChI is InChI=1S/C9H13N3O3.C5H10O2.C2H4/c10-7-3-4-12(9(14)11-7)8-2-1-6(5-13)15-8;6-5(7)3-1-2-4-5;1-2/h3-4,6,8,13H,1-2,5H2,(H2,10,11,14);6-7H,1-4H2;1-2H2. The molecule has 2 atom stereocenters. The molecule has 5 N–H and O–H groups in total. The number of aromatic nitrogens is 2. The van der Waals surface area contributed by atoms with Crippen molar-refractivity contribution in [2.45, 2.75) is 56.6 Å². The highest BCUT2D eigenvalue weighted by atomic mass is 16.5. The number of aliphatic hydroxyl groups is 3. The van der Waals surface area contributed by atoms with Gasteiger partial charge in [0, 0.05) is 19.0 Å². The van der Waals surface area contributed by atoms with Gasteiger partial charge in [-0.25, -0.2) is 4.79 Å². The number of nitrogens with zero attached hydrogens (tertiary/aromatic N) is 2. The van der Waals surface area contributed by atoms with E-state index in [1.54, 1.807) is 12.3 Å². The first-order valence-corrected chi connectivity index (χ1v) is 7.97. The highest BCUT2D eigenvalue weighted by molar-refractivity contribution is 5.23. The van der Waals surface area contributed by atoms with Gasteiger partial charge in [0.1, 0.15) is 12.0 Å². The van der Waals surface area contributed by atoms with E-state index in [0.717, 1.165) is 19.3 Å². The topological polar surface area (TPSA) is 131 Å². The Morgan fingerprint density at radius 1 is 1.33 bits per heavy atom. The third kappa shape index (κ3) is 6.04. The molecule has 1 aromatic heterocycles. The lowest BCUT2D eigenvalue weighted by Crippen LogP contribution is -2.27. The summed E-state index contributed by atoms with van der Waals surface area (Å²) in [7, 11) is 0. The minimum atomic E-state index is -1.31. The summed E-state index contributed by atoms with van der Waals surface area (Å²) >= 11 is 0. The van der Waals surface area contributed by atoms with E-state index >= 15 is 0 Å². The Bertz CT molecular complexity index is 553. The smallest absolute Gasteiger partial charge is 0.351 e. The molecule has 136 valence electrons. The predicted octanol–water partition coefficient (Wildman–Crippen LogP) is 0.539. The maximum absolute atomic E-state index is 11.5. The van der Waals surface area contributed by atoms with Crippen LogP contribution in [-0.2, 0) is 4.74 Å².